The minimum atomic E-state index is -1.13. The molecule has 0 saturated heterocycles. The van der Waals surface area contributed by atoms with Crippen molar-refractivity contribution in [1.29, 1.82) is 0 Å². The van der Waals surface area contributed by atoms with Crippen molar-refractivity contribution in [1.82, 2.24) is 9.55 Å². The van der Waals surface area contributed by atoms with E-state index in [4.69, 9.17) is 0 Å². The van der Waals surface area contributed by atoms with Crippen LogP contribution >= 0.6 is 11.3 Å². The first kappa shape index (κ1) is 16.8. The molecule has 128 valence electrons. The van der Waals surface area contributed by atoms with E-state index in [0.29, 0.717) is 0 Å². The standard InChI is InChI=1S/C16H11F2N3O3S/c17-12-4-3-9(6-13(12)18)20-14(22)11-7-19-16(24)21(15(11)23)8-10-2-1-5-25-10/h1-7H,8H2,(H,19,24)(H,20,22). The number of nitrogens with zero attached hydrogens (tertiary/aromatic N) is 1. The van der Waals surface area contributed by atoms with Crippen molar-refractivity contribution in [2.24, 2.45) is 0 Å². The SMILES string of the molecule is O=C(Nc1ccc(F)c(F)c1)c1c[nH]c(=O)n(Cc2cccs2)c1=O. The summed E-state index contributed by atoms with van der Waals surface area (Å²) in [5.74, 6) is -3.03. The van der Waals surface area contributed by atoms with Crippen molar-refractivity contribution in [2.45, 2.75) is 6.54 Å². The predicted molar refractivity (Wildman–Crippen MR) is 89.1 cm³/mol. The molecule has 2 heterocycles. The molecule has 0 atom stereocenters. The molecule has 6 nitrogen and oxygen atoms in total. The molecule has 2 aromatic heterocycles. The lowest BCUT2D eigenvalue weighted by Crippen LogP contribution is -2.39. The summed E-state index contributed by atoms with van der Waals surface area (Å²) < 4.78 is 27.0. The number of carbonyl (C=O) groups is 1. The largest absolute Gasteiger partial charge is 0.328 e. The molecule has 1 aromatic carbocycles. The lowest BCUT2D eigenvalue weighted by molar-refractivity contribution is 0.102. The summed E-state index contributed by atoms with van der Waals surface area (Å²) in [6.07, 6.45) is 0.991. The summed E-state index contributed by atoms with van der Waals surface area (Å²) in [4.78, 5) is 39.6. The van der Waals surface area contributed by atoms with Crippen molar-refractivity contribution >= 4 is 22.9 Å². The molecule has 9 heteroatoms. The van der Waals surface area contributed by atoms with E-state index in [1.165, 1.54) is 11.3 Å². The lowest BCUT2D eigenvalue weighted by Gasteiger charge is -2.07. The molecule has 3 aromatic rings. The summed E-state index contributed by atoms with van der Waals surface area (Å²) in [6.45, 7) is 0.0259. The number of aromatic amines is 1. The molecular formula is C16H11F2N3O3S. The van der Waals surface area contributed by atoms with E-state index in [0.717, 1.165) is 33.8 Å². The molecule has 0 unspecified atom stereocenters. The van der Waals surface area contributed by atoms with Crippen LogP contribution < -0.4 is 16.6 Å². The average molecular weight is 363 g/mol. The number of nitrogens with one attached hydrogen (secondary N) is 2. The third-order valence-electron chi connectivity index (χ3n) is 3.38. The first-order valence-electron chi connectivity index (χ1n) is 7.07. The number of hydrogen-bond donors (Lipinski definition) is 2. The quantitative estimate of drug-likeness (QED) is 0.745. The number of amides is 1. The number of hydrogen-bond acceptors (Lipinski definition) is 4. The van der Waals surface area contributed by atoms with Crippen LogP contribution in [0.1, 0.15) is 15.2 Å². The van der Waals surface area contributed by atoms with Crippen molar-refractivity contribution < 1.29 is 13.6 Å². The summed E-state index contributed by atoms with van der Waals surface area (Å²) >= 11 is 1.36. The van der Waals surface area contributed by atoms with Crippen LogP contribution in [0.2, 0.25) is 0 Å². The fourth-order valence-electron chi connectivity index (χ4n) is 2.15. The van der Waals surface area contributed by atoms with Crippen LogP contribution in [-0.4, -0.2) is 15.5 Å². The Bertz CT molecular complexity index is 1040. The fraction of sp³-hybridized carbons (Fsp3) is 0.0625. The van der Waals surface area contributed by atoms with Crippen LogP contribution in [0, 0.1) is 11.6 Å². The molecule has 0 bridgehead atoms. The highest BCUT2D eigenvalue weighted by Crippen LogP contribution is 2.13. The van der Waals surface area contributed by atoms with Crippen molar-refractivity contribution in [3.8, 4) is 0 Å². The second kappa shape index (κ2) is 6.81. The fourth-order valence-corrected chi connectivity index (χ4v) is 2.84. The molecule has 0 aliphatic carbocycles. The van der Waals surface area contributed by atoms with Gasteiger partial charge < -0.3 is 10.3 Å². The van der Waals surface area contributed by atoms with Crippen LogP contribution in [0.15, 0.2) is 51.5 Å². The highest BCUT2D eigenvalue weighted by Gasteiger charge is 2.16. The summed E-state index contributed by atoms with van der Waals surface area (Å²) in [7, 11) is 0. The molecule has 25 heavy (non-hydrogen) atoms. The van der Waals surface area contributed by atoms with Crippen LogP contribution in [0.3, 0.4) is 0 Å². The van der Waals surface area contributed by atoms with Crippen LogP contribution in [0.4, 0.5) is 14.5 Å². The van der Waals surface area contributed by atoms with Gasteiger partial charge in [0.15, 0.2) is 11.6 Å². The number of H-pyrrole nitrogens is 1. The normalized spacial score (nSPS) is 10.6. The van der Waals surface area contributed by atoms with Gasteiger partial charge in [-0.05, 0) is 23.6 Å². The van der Waals surface area contributed by atoms with Gasteiger partial charge in [-0.3, -0.25) is 14.2 Å². The van der Waals surface area contributed by atoms with E-state index < -0.39 is 28.8 Å². The Hall–Kier alpha value is -3.07. The maximum Gasteiger partial charge on any atom is 0.328 e. The van der Waals surface area contributed by atoms with Gasteiger partial charge in [-0.15, -0.1) is 11.3 Å². The molecule has 0 radical (unpaired) electrons. The number of carbonyl (C=O) groups excluding carboxylic acids is 1. The Kier molecular flexibility index (Phi) is 4.57. The summed E-state index contributed by atoms with van der Waals surface area (Å²) in [5.41, 5.74) is -1.76. The lowest BCUT2D eigenvalue weighted by atomic mass is 10.2. The van der Waals surface area contributed by atoms with Crippen LogP contribution in [0.25, 0.3) is 0 Å². The number of thiophene rings is 1. The van der Waals surface area contributed by atoms with Crippen LogP contribution in [-0.2, 0) is 6.54 Å². The summed E-state index contributed by atoms with van der Waals surface area (Å²) in [5, 5.41) is 4.09. The molecule has 0 aliphatic heterocycles. The van der Waals surface area contributed by atoms with Gasteiger partial charge in [-0.2, -0.15) is 0 Å². The van der Waals surface area contributed by atoms with Gasteiger partial charge in [-0.1, -0.05) is 6.07 Å². The Morgan fingerprint density at radius 2 is 2.00 bits per heavy atom. The zero-order chi connectivity index (χ0) is 18.0. The minimum absolute atomic E-state index is 0.0145. The molecule has 0 fully saturated rings. The van der Waals surface area contributed by atoms with E-state index in [-0.39, 0.29) is 17.8 Å². The zero-order valence-electron chi connectivity index (χ0n) is 12.6. The number of halogens is 2. The van der Waals surface area contributed by atoms with Gasteiger partial charge in [0, 0.05) is 22.8 Å². The molecule has 2 N–H and O–H groups in total. The molecule has 0 aliphatic rings. The topological polar surface area (TPSA) is 84.0 Å². The second-order valence-electron chi connectivity index (χ2n) is 5.06. The van der Waals surface area contributed by atoms with Crippen molar-refractivity contribution in [3.05, 3.63) is 84.8 Å². The smallest absolute Gasteiger partial charge is 0.322 e. The van der Waals surface area contributed by atoms with Gasteiger partial charge in [0.1, 0.15) is 5.56 Å². The monoisotopic (exact) mass is 363 g/mol. The van der Waals surface area contributed by atoms with Crippen LogP contribution in [0.5, 0.6) is 0 Å². The summed E-state index contributed by atoms with van der Waals surface area (Å²) in [6, 6.07) is 6.34. The first-order valence-corrected chi connectivity index (χ1v) is 7.95. The highest BCUT2D eigenvalue weighted by atomic mass is 32.1. The Labute approximate surface area is 143 Å². The van der Waals surface area contributed by atoms with Gasteiger partial charge >= 0.3 is 5.69 Å². The Morgan fingerprint density at radius 1 is 1.20 bits per heavy atom. The third kappa shape index (κ3) is 3.56. The molecule has 1 amide bonds. The van der Waals surface area contributed by atoms with E-state index in [9.17, 15) is 23.2 Å². The van der Waals surface area contributed by atoms with E-state index in [1.54, 1.807) is 17.5 Å². The van der Waals surface area contributed by atoms with Gasteiger partial charge in [0.05, 0.1) is 6.54 Å². The number of rotatable bonds is 4. The minimum Gasteiger partial charge on any atom is -0.322 e. The highest BCUT2D eigenvalue weighted by molar-refractivity contribution is 7.09. The Balaban J connectivity index is 1.91. The maximum atomic E-state index is 13.2. The van der Waals surface area contributed by atoms with Gasteiger partial charge in [-0.25, -0.2) is 13.6 Å². The third-order valence-corrected chi connectivity index (χ3v) is 4.24. The van der Waals surface area contributed by atoms with E-state index in [1.807, 2.05) is 0 Å². The molecule has 0 spiro atoms. The zero-order valence-corrected chi connectivity index (χ0v) is 13.4. The second-order valence-corrected chi connectivity index (χ2v) is 6.09. The molecular weight excluding hydrogens is 352 g/mol. The number of benzene rings is 1. The van der Waals surface area contributed by atoms with Crippen molar-refractivity contribution in [2.75, 3.05) is 5.32 Å². The maximum absolute atomic E-state index is 13.2. The number of aromatic nitrogens is 2. The Morgan fingerprint density at radius 3 is 2.68 bits per heavy atom. The van der Waals surface area contributed by atoms with E-state index in [2.05, 4.69) is 10.3 Å². The van der Waals surface area contributed by atoms with Gasteiger partial charge in [0.2, 0.25) is 0 Å². The molecule has 3 rings (SSSR count). The average Bonchev–Trinajstić information content (AvgIpc) is 3.08. The van der Waals surface area contributed by atoms with E-state index >= 15 is 0 Å². The molecule has 0 saturated carbocycles. The predicted octanol–water partition coefficient (Wildman–Crippen LogP) is 2.18. The van der Waals surface area contributed by atoms with Gasteiger partial charge in [0.25, 0.3) is 11.5 Å². The first-order chi connectivity index (χ1) is 12.0. The van der Waals surface area contributed by atoms with Crippen molar-refractivity contribution in [3.63, 3.8) is 0 Å². The number of anilines is 1.